The number of hydrogen-bond acceptors (Lipinski definition) is 5. The molecule has 0 radical (unpaired) electrons. The number of aromatic carboxylic acids is 1. The Hall–Kier alpha value is -2.48. The van der Waals surface area contributed by atoms with Gasteiger partial charge in [-0.15, -0.1) is 0 Å². The van der Waals surface area contributed by atoms with Gasteiger partial charge in [0.2, 0.25) is 0 Å². The molecular weight excluding hydrogens is 332 g/mol. The molecule has 0 unspecified atom stereocenters. The Balaban J connectivity index is 2.36. The van der Waals surface area contributed by atoms with Crippen LogP contribution in [0.4, 0.5) is 5.69 Å². The monoisotopic (exact) mass is 338 g/mol. The molecule has 2 rings (SSSR count). The van der Waals surface area contributed by atoms with Crippen LogP contribution in [0.1, 0.15) is 10.4 Å². The highest BCUT2D eigenvalue weighted by Crippen LogP contribution is 2.28. The third kappa shape index (κ3) is 3.09. The number of carbonyl (C=O) groups is 1. The van der Waals surface area contributed by atoms with E-state index in [1.807, 2.05) is 0 Å². The molecule has 0 aliphatic carbocycles. The average molecular weight is 339 g/mol. The lowest BCUT2D eigenvalue weighted by Gasteiger charge is -2.06. The zero-order chi connectivity index (χ0) is 14.7. The van der Waals surface area contributed by atoms with E-state index < -0.39 is 22.1 Å². The van der Waals surface area contributed by atoms with Gasteiger partial charge in [-0.1, -0.05) is 0 Å². The first-order valence-electron chi connectivity index (χ1n) is 5.27. The van der Waals surface area contributed by atoms with Crippen molar-refractivity contribution in [1.29, 1.82) is 0 Å². The number of benzene rings is 1. The first-order valence-corrected chi connectivity index (χ1v) is 6.07. The molecule has 1 aromatic heterocycles. The number of nitro benzene ring substituents is 1. The lowest BCUT2D eigenvalue weighted by atomic mass is 10.1. The average Bonchev–Trinajstić information content (AvgIpc) is 2.38. The van der Waals surface area contributed by atoms with E-state index in [1.165, 1.54) is 12.3 Å². The van der Waals surface area contributed by atoms with Crippen molar-refractivity contribution >= 4 is 27.6 Å². The van der Waals surface area contributed by atoms with Crippen molar-refractivity contribution in [3.63, 3.8) is 0 Å². The fourth-order valence-corrected chi connectivity index (χ4v) is 1.84. The molecule has 20 heavy (non-hydrogen) atoms. The van der Waals surface area contributed by atoms with Gasteiger partial charge in [0, 0.05) is 22.8 Å². The van der Waals surface area contributed by atoms with Gasteiger partial charge in [-0.25, -0.2) is 4.79 Å². The van der Waals surface area contributed by atoms with E-state index in [2.05, 4.69) is 20.9 Å². The van der Waals surface area contributed by atoms with Crippen molar-refractivity contribution in [1.82, 2.24) is 4.98 Å². The second-order valence-corrected chi connectivity index (χ2v) is 4.60. The maximum absolute atomic E-state index is 11.0. The number of rotatable bonds is 4. The normalized spacial score (nSPS) is 10.1. The van der Waals surface area contributed by atoms with Gasteiger partial charge in [0.15, 0.2) is 0 Å². The highest BCUT2D eigenvalue weighted by molar-refractivity contribution is 9.10. The van der Waals surface area contributed by atoms with Crippen molar-refractivity contribution in [3.05, 3.63) is 56.8 Å². The van der Waals surface area contributed by atoms with Crippen LogP contribution in [-0.2, 0) is 0 Å². The summed E-state index contributed by atoms with van der Waals surface area (Å²) in [5, 5.41) is 19.7. The van der Waals surface area contributed by atoms with Gasteiger partial charge in [-0.05, 0) is 28.1 Å². The molecule has 0 amide bonds. The van der Waals surface area contributed by atoms with Crippen LogP contribution in [0, 0.1) is 10.1 Å². The fourth-order valence-electron chi connectivity index (χ4n) is 1.49. The minimum absolute atomic E-state index is 0.174. The first-order chi connectivity index (χ1) is 9.47. The highest BCUT2D eigenvalue weighted by atomic mass is 79.9. The van der Waals surface area contributed by atoms with E-state index >= 15 is 0 Å². The van der Waals surface area contributed by atoms with Crippen LogP contribution in [0.5, 0.6) is 11.5 Å². The Morgan fingerprint density at radius 2 is 2.05 bits per heavy atom. The van der Waals surface area contributed by atoms with Crippen molar-refractivity contribution in [2.75, 3.05) is 0 Å². The molecule has 0 spiro atoms. The lowest BCUT2D eigenvalue weighted by Crippen LogP contribution is -2.02. The van der Waals surface area contributed by atoms with Crippen LogP contribution in [0.3, 0.4) is 0 Å². The van der Waals surface area contributed by atoms with Gasteiger partial charge in [0.05, 0.1) is 11.1 Å². The van der Waals surface area contributed by atoms with E-state index in [4.69, 9.17) is 9.84 Å². The number of hydrogen-bond donors (Lipinski definition) is 1. The van der Waals surface area contributed by atoms with Crippen molar-refractivity contribution < 1.29 is 19.6 Å². The predicted octanol–water partition coefficient (Wildman–Crippen LogP) is 3.24. The molecule has 0 fully saturated rings. The molecule has 2 aromatic rings. The molecule has 8 heteroatoms. The quantitative estimate of drug-likeness (QED) is 0.678. The van der Waals surface area contributed by atoms with E-state index in [9.17, 15) is 14.9 Å². The van der Waals surface area contributed by atoms with Gasteiger partial charge in [0.1, 0.15) is 17.1 Å². The fraction of sp³-hybridized carbons (Fsp3) is 0. The summed E-state index contributed by atoms with van der Waals surface area (Å²) in [5.41, 5.74) is -0.923. The molecule has 0 aliphatic rings. The zero-order valence-corrected chi connectivity index (χ0v) is 11.4. The first kappa shape index (κ1) is 13.9. The van der Waals surface area contributed by atoms with Crippen LogP contribution in [0.2, 0.25) is 0 Å². The molecule has 1 aromatic carbocycles. The van der Waals surface area contributed by atoms with Crippen LogP contribution < -0.4 is 4.74 Å². The number of pyridine rings is 1. The minimum Gasteiger partial charge on any atom is -0.477 e. The van der Waals surface area contributed by atoms with Crippen LogP contribution in [0.15, 0.2) is 41.1 Å². The maximum atomic E-state index is 11.0. The maximum Gasteiger partial charge on any atom is 0.342 e. The number of carboxylic acid groups (broad SMARTS) is 1. The molecule has 0 aliphatic heterocycles. The third-order valence-corrected chi connectivity index (χ3v) is 2.74. The van der Waals surface area contributed by atoms with Gasteiger partial charge < -0.3 is 9.84 Å². The molecule has 0 atom stereocenters. The third-order valence-electron chi connectivity index (χ3n) is 2.31. The van der Waals surface area contributed by atoms with E-state index in [-0.39, 0.29) is 5.75 Å². The van der Waals surface area contributed by atoms with E-state index in [0.29, 0.717) is 10.2 Å². The molecule has 1 N–H and O–H groups in total. The second kappa shape index (κ2) is 5.66. The smallest absolute Gasteiger partial charge is 0.342 e. The summed E-state index contributed by atoms with van der Waals surface area (Å²) in [6.07, 6.45) is 3.00. The summed E-state index contributed by atoms with van der Waals surface area (Å²) < 4.78 is 6.10. The highest BCUT2D eigenvalue weighted by Gasteiger charge is 2.20. The molecule has 0 saturated carbocycles. The summed E-state index contributed by atoms with van der Waals surface area (Å²) in [6.45, 7) is 0. The molecule has 0 bridgehead atoms. The molecule has 102 valence electrons. The van der Waals surface area contributed by atoms with Gasteiger partial charge in [0.25, 0.3) is 5.69 Å². The Kier molecular flexibility index (Phi) is 3.94. The number of aromatic nitrogens is 1. The molecule has 1 heterocycles. The Morgan fingerprint density at radius 1 is 1.30 bits per heavy atom. The molecule has 7 nitrogen and oxygen atoms in total. The van der Waals surface area contributed by atoms with E-state index in [0.717, 1.165) is 12.1 Å². The van der Waals surface area contributed by atoms with Crippen molar-refractivity contribution in [2.45, 2.75) is 0 Å². The zero-order valence-electron chi connectivity index (χ0n) is 9.82. The van der Waals surface area contributed by atoms with E-state index in [1.54, 1.807) is 12.3 Å². The molecular formula is C12H7BrN2O5. The SMILES string of the molecule is O=C(O)c1cc(Oc2cncc(Br)c2)ccc1[N+](=O)[O-]. The number of halogens is 1. The Labute approximate surface area is 121 Å². The number of nitrogens with zero attached hydrogens (tertiary/aromatic N) is 2. The Bertz CT molecular complexity index is 689. The molecule has 0 saturated heterocycles. The number of carboxylic acids is 1. The van der Waals surface area contributed by atoms with Crippen molar-refractivity contribution in [3.8, 4) is 11.5 Å². The topological polar surface area (TPSA) is 103 Å². The number of nitro groups is 1. The van der Waals surface area contributed by atoms with Crippen LogP contribution >= 0.6 is 15.9 Å². The predicted molar refractivity (Wildman–Crippen MR) is 72.1 cm³/mol. The second-order valence-electron chi connectivity index (χ2n) is 3.68. The van der Waals surface area contributed by atoms with Gasteiger partial charge >= 0.3 is 5.97 Å². The van der Waals surface area contributed by atoms with Crippen LogP contribution in [0.25, 0.3) is 0 Å². The van der Waals surface area contributed by atoms with Gasteiger partial charge in [-0.3, -0.25) is 15.1 Å². The van der Waals surface area contributed by atoms with Crippen molar-refractivity contribution in [2.24, 2.45) is 0 Å². The summed E-state index contributed by atoms with van der Waals surface area (Å²) in [4.78, 5) is 24.9. The Morgan fingerprint density at radius 3 is 2.65 bits per heavy atom. The standard InChI is InChI=1S/C12H7BrN2O5/c13-7-3-9(6-14-5-7)20-8-1-2-11(15(18)19)10(4-8)12(16)17/h1-6H,(H,16,17). The van der Waals surface area contributed by atoms with Gasteiger partial charge in [-0.2, -0.15) is 0 Å². The number of ether oxygens (including phenoxy) is 1. The summed E-state index contributed by atoms with van der Waals surface area (Å²) in [6, 6.07) is 5.14. The summed E-state index contributed by atoms with van der Waals surface area (Å²) >= 11 is 3.22. The summed E-state index contributed by atoms with van der Waals surface area (Å²) in [7, 11) is 0. The van der Waals surface area contributed by atoms with Crippen LogP contribution in [-0.4, -0.2) is 21.0 Å². The largest absolute Gasteiger partial charge is 0.477 e. The minimum atomic E-state index is -1.39. The summed E-state index contributed by atoms with van der Waals surface area (Å²) in [5.74, 6) is -0.841. The lowest BCUT2D eigenvalue weighted by molar-refractivity contribution is -0.385.